The summed E-state index contributed by atoms with van der Waals surface area (Å²) in [6.07, 6.45) is 5.63. The number of benzene rings is 1. The van der Waals surface area contributed by atoms with Gasteiger partial charge in [0.2, 0.25) is 0 Å². The van der Waals surface area contributed by atoms with Crippen molar-refractivity contribution < 1.29 is 18.7 Å². The van der Waals surface area contributed by atoms with Crippen LogP contribution in [0.2, 0.25) is 0 Å². The van der Waals surface area contributed by atoms with Gasteiger partial charge < -0.3 is 25.2 Å². The van der Waals surface area contributed by atoms with Crippen molar-refractivity contribution in [2.45, 2.75) is 45.2 Å². The number of nitrogens with zero attached hydrogens (tertiary/aromatic N) is 5. The summed E-state index contributed by atoms with van der Waals surface area (Å²) in [5.74, 6) is -0.0399. The van der Waals surface area contributed by atoms with Gasteiger partial charge in [-0.25, -0.2) is 14.2 Å². The van der Waals surface area contributed by atoms with Gasteiger partial charge in [0.25, 0.3) is 5.91 Å². The normalized spacial score (nSPS) is 19.8. The molecule has 0 radical (unpaired) electrons. The Labute approximate surface area is 251 Å². The van der Waals surface area contributed by atoms with Gasteiger partial charge in [-0.3, -0.25) is 14.7 Å². The van der Waals surface area contributed by atoms with Gasteiger partial charge >= 0.3 is 6.03 Å². The predicted octanol–water partition coefficient (Wildman–Crippen LogP) is 3.86. The van der Waals surface area contributed by atoms with Crippen molar-refractivity contribution in [2.24, 2.45) is 0 Å². The van der Waals surface area contributed by atoms with E-state index >= 15 is 0 Å². The molecule has 10 nitrogen and oxygen atoms in total. The summed E-state index contributed by atoms with van der Waals surface area (Å²) < 4.78 is 20.8. The number of hydrogen-bond donors (Lipinski definition) is 2. The van der Waals surface area contributed by atoms with Crippen LogP contribution in [-0.2, 0) is 6.42 Å². The van der Waals surface area contributed by atoms with E-state index in [1.54, 1.807) is 28.3 Å². The number of aromatic nitrogens is 2. The number of urea groups is 1. The maximum absolute atomic E-state index is 14.7. The lowest BCUT2D eigenvalue weighted by Crippen LogP contribution is -2.57. The molecule has 2 aromatic heterocycles. The van der Waals surface area contributed by atoms with Crippen LogP contribution >= 0.6 is 0 Å². The minimum atomic E-state index is -0.370. The summed E-state index contributed by atoms with van der Waals surface area (Å²) in [7, 11) is 0. The molecule has 2 fully saturated rings. The molecule has 1 aromatic carbocycles. The Morgan fingerprint density at radius 2 is 2.05 bits per heavy atom. The van der Waals surface area contributed by atoms with Crippen LogP contribution in [0.4, 0.5) is 20.6 Å². The molecule has 2 N–H and O–H groups in total. The Hall–Kier alpha value is -4.25. The maximum Gasteiger partial charge on any atom is 0.324 e. The molecule has 11 heteroatoms. The molecule has 0 unspecified atom stereocenters. The topological polar surface area (TPSA) is 103 Å². The predicted molar refractivity (Wildman–Crippen MR) is 163 cm³/mol. The van der Waals surface area contributed by atoms with Crippen LogP contribution in [-0.4, -0.2) is 84.8 Å². The van der Waals surface area contributed by atoms with Crippen LogP contribution in [0.5, 0.6) is 5.75 Å². The highest BCUT2D eigenvalue weighted by atomic mass is 19.1. The van der Waals surface area contributed by atoms with Gasteiger partial charge in [-0.2, -0.15) is 0 Å². The van der Waals surface area contributed by atoms with Gasteiger partial charge in [-0.15, -0.1) is 0 Å². The number of ether oxygens (including phenoxy) is 1. The first kappa shape index (κ1) is 28.9. The van der Waals surface area contributed by atoms with E-state index in [1.165, 1.54) is 6.07 Å². The van der Waals surface area contributed by atoms with Crippen LogP contribution in [0.15, 0.2) is 48.8 Å². The number of carbonyl (C=O) groups is 2. The summed E-state index contributed by atoms with van der Waals surface area (Å²) in [4.78, 5) is 42.2. The zero-order valence-electron chi connectivity index (χ0n) is 24.7. The average Bonchev–Trinajstić information content (AvgIpc) is 3.72. The van der Waals surface area contributed by atoms with Gasteiger partial charge in [0.15, 0.2) is 5.69 Å². The van der Waals surface area contributed by atoms with Gasteiger partial charge in [-0.1, -0.05) is 19.1 Å². The molecule has 6 rings (SSSR count). The molecule has 3 amide bonds. The van der Waals surface area contributed by atoms with E-state index in [1.807, 2.05) is 31.2 Å². The van der Waals surface area contributed by atoms with Crippen molar-refractivity contribution in [1.82, 2.24) is 25.5 Å². The number of fused-ring (bicyclic) bond motifs is 1. The van der Waals surface area contributed by atoms with Crippen molar-refractivity contribution in [3.8, 4) is 17.0 Å². The van der Waals surface area contributed by atoms with Gasteiger partial charge in [-0.05, 0) is 56.5 Å². The molecule has 0 bridgehead atoms. The lowest BCUT2D eigenvalue weighted by atomic mass is 10.0. The molecular weight excluding hydrogens is 549 g/mol. The number of carbonyl (C=O) groups excluding carboxylic acids is 2. The van der Waals surface area contributed by atoms with E-state index in [0.29, 0.717) is 74.3 Å². The summed E-state index contributed by atoms with van der Waals surface area (Å²) in [6, 6.07) is 10.4. The second kappa shape index (κ2) is 12.5. The first-order valence-corrected chi connectivity index (χ1v) is 15.2. The third kappa shape index (κ3) is 5.73. The largest absolute Gasteiger partial charge is 0.492 e. The third-order valence-corrected chi connectivity index (χ3v) is 8.52. The molecule has 0 aliphatic carbocycles. The monoisotopic (exact) mass is 587 g/mol. The fourth-order valence-corrected chi connectivity index (χ4v) is 6.34. The Kier molecular flexibility index (Phi) is 8.42. The third-order valence-electron chi connectivity index (χ3n) is 8.52. The van der Waals surface area contributed by atoms with Gasteiger partial charge in [0, 0.05) is 68.8 Å². The second-order valence-corrected chi connectivity index (χ2v) is 11.2. The highest BCUT2D eigenvalue weighted by molar-refractivity contribution is 6.00. The van der Waals surface area contributed by atoms with Crippen molar-refractivity contribution in [3.63, 3.8) is 0 Å². The zero-order valence-corrected chi connectivity index (χ0v) is 24.7. The molecule has 43 heavy (non-hydrogen) atoms. The molecule has 3 aliphatic rings. The number of halogens is 1. The molecule has 2 saturated heterocycles. The van der Waals surface area contributed by atoms with Crippen LogP contribution in [0.3, 0.4) is 0 Å². The van der Waals surface area contributed by atoms with E-state index in [-0.39, 0.29) is 29.8 Å². The SMILES string of the molecule is CCOc1cc(N2CCN(C(=O)N3CCc4cccc(F)c43)C[C@H]2CC)c(C(=O)N[C@@H]2CCNC2)nc1-c1cccnc1. The summed E-state index contributed by atoms with van der Waals surface area (Å²) in [5.41, 5.74) is 3.56. The van der Waals surface area contributed by atoms with Crippen LogP contribution in [0.25, 0.3) is 11.3 Å². The molecule has 0 saturated carbocycles. The number of anilines is 2. The van der Waals surface area contributed by atoms with Crippen LogP contribution < -0.4 is 25.2 Å². The van der Waals surface area contributed by atoms with Crippen molar-refractivity contribution in [1.29, 1.82) is 0 Å². The standard InChI is InChI=1S/C32H38FN7O3/c1-3-24-20-38(32(42)40-14-11-21-7-5-9-25(33)30(21)40)15-16-39(24)26-17-27(43-4-2)28(22-8-6-12-34-18-22)37-29(26)31(41)36-23-10-13-35-19-23/h5-9,12,17-18,23-24,35H,3-4,10-11,13-16,19-20H2,1-2H3,(H,36,41)/t23-,24-/m1/s1. The van der Waals surface area contributed by atoms with Crippen LogP contribution in [0.1, 0.15) is 42.7 Å². The Morgan fingerprint density at radius 3 is 2.79 bits per heavy atom. The van der Waals surface area contributed by atoms with Crippen molar-refractivity contribution >= 4 is 23.3 Å². The van der Waals surface area contributed by atoms with E-state index in [0.717, 1.165) is 30.5 Å². The second-order valence-electron chi connectivity index (χ2n) is 11.2. The summed E-state index contributed by atoms with van der Waals surface area (Å²) in [5, 5.41) is 6.46. The minimum absolute atomic E-state index is 0.0238. The molecule has 226 valence electrons. The highest BCUT2D eigenvalue weighted by Gasteiger charge is 2.37. The Balaban J connectivity index is 1.32. The van der Waals surface area contributed by atoms with Crippen molar-refractivity contribution in [2.75, 3.05) is 55.7 Å². The summed E-state index contributed by atoms with van der Waals surface area (Å²) in [6.45, 7) is 7.81. The van der Waals surface area contributed by atoms with Crippen LogP contribution in [0, 0.1) is 5.82 Å². The molecule has 3 aliphatic heterocycles. The Bertz CT molecular complexity index is 1480. The molecule has 2 atom stereocenters. The number of amides is 3. The Morgan fingerprint density at radius 1 is 1.16 bits per heavy atom. The first-order valence-electron chi connectivity index (χ1n) is 15.2. The smallest absolute Gasteiger partial charge is 0.324 e. The van der Waals surface area contributed by atoms with E-state index in [2.05, 4.69) is 27.4 Å². The lowest BCUT2D eigenvalue weighted by Gasteiger charge is -2.44. The van der Waals surface area contributed by atoms with E-state index < -0.39 is 0 Å². The fraction of sp³-hybridized carbons (Fsp3) is 0.438. The number of piperazine rings is 1. The van der Waals surface area contributed by atoms with E-state index in [4.69, 9.17) is 9.72 Å². The minimum Gasteiger partial charge on any atom is -0.492 e. The molecule has 5 heterocycles. The first-order chi connectivity index (χ1) is 21.0. The maximum atomic E-state index is 14.7. The number of pyridine rings is 2. The average molecular weight is 588 g/mol. The number of hydrogen-bond acceptors (Lipinski definition) is 7. The summed E-state index contributed by atoms with van der Waals surface area (Å²) >= 11 is 0. The van der Waals surface area contributed by atoms with Crippen molar-refractivity contribution in [3.05, 3.63) is 65.9 Å². The molecular formula is C32H38FN7O3. The van der Waals surface area contributed by atoms with Gasteiger partial charge in [0.1, 0.15) is 17.3 Å². The number of nitrogens with one attached hydrogen (secondary N) is 2. The quantitative estimate of drug-likeness (QED) is 0.433. The fourth-order valence-electron chi connectivity index (χ4n) is 6.34. The lowest BCUT2D eigenvalue weighted by molar-refractivity contribution is 0.0935. The molecule has 3 aromatic rings. The van der Waals surface area contributed by atoms with Gasteiger partial charge in [0.05, 0.1) is 18.0 Å². The number of rotatable bonds is 7. The zero-order chi connectivity index (χ0) is 29.9. The van der Waals surface area contributed by atoms with E-state index in [9.17, 15) is 14.0 Å². The number of para-hydroxylation sites is 1. The highest BCUT2D eigenvalue weighted by Crippen LogP contribution is 2.37. The molecule has 0 spiro atoms.